The number of hydrogen-bond donors (Lipinski definition) is 1. The molecule has 0 spiro atoms. The summed E-state index contributed by atoms with van der Waals surface area (Å²) in [5.41, 5.74) is 0.845. The Labute approximate surface area is 140 Å². The Hall–Kier alpha value is -1.86. The van der Waals surface area contributed by atoms with E-state index in [9.17, 15) is 4.79 Å². The maximum Gasteiger partial charge on any atom is 0.348 e. The van der Waals surface area contributed by atoms with Gasteiger partial charge in [-0.05, 0) is 37.2 Å². The Balaban J connectivity index is 1.73. The highest BCUT2D eigenvalue weighted by Gasteiger charge is 2.33. The molecule has 2 aliphatic rings. The van der Waals surface area contributed by atoms with Gasteiger partial charge in [-0.2, -0.15) is 0 Å². The molecule has 2 heterocycles. The number of rotatable bonds is 3. The summed E-state index contributed by atoms with van der Waals surface area (Å²) in [5.74, 6) is 0.210. The van der Waals surface area contributed by atoms with Gasteiger partial charge in [-0.15, -0.1) is 0 Å². The minimum Gasteiger partial charge on any atom is -0.475 e. The molecule has 0 unspecified atom stereocenters. The van der Waals surface area contributed by atoms with E-state index < -0.39 is 12.1 Å². The molecule has 0 amide bonds. The van der Waals surface area contributed by atoms with Gasteiger partial charge in [0.15, 0.2) is 5.11 Å². The fraction of sp³-hybridized carbons (Fsp3) is 0.500. The van der Waals surface area contributed by atoms with E-state index >= 15 is 0 Å². The van der Waals surface area contributed by atoms with Gasteiger partial charge in [0, 0.05) is 13.2 Å². The molecule has 1 aromatic carbocycles. The minimum atomic E-state index is -0.697. The fourth-order valence-corrected chi connectivity index (χ4v) is 3.04. The number of anilines is 1. The summed E-state index contributed by atoms with van der Waals surface area (Å²) in [4.78, 5) is 13.7. The van der Waals surface area contributed by atoms with Gasteiger partial charge in [-0.1, -0.05) is 12.1 Å². The standard InChI is InChI=1S/C16H20N2O4S/c1-20-15(19)14-10-18(12-6-2-3-7-13(12)22-14)16(23)17-9-11-5-4-8-21-11/h2-3,6-7,11,14H,4-5,8-10H2,1H3,(H,17,23)/t11-,14+/m1/s1. The third-order valence-corrected chi connectivity index (χ3v) is 4.35. The molecule has 0 saturated carbocycles. The zero-order chi connectivity index (χ0) is 16.2. The number of esters is 1. The summed E-state index contributed by atoms with van der Waals surface area (Å²) in [6.07, 6.45) is 1.63. The molecule has 23 heavy (non-hydrogen) atoms. The molecular weight excluding hydrogens is 316 g/mol. The number of carbonyl (C=O) groups is 1. The lowest BCUT2D eigenvalue weighted by Gasteiger charge is -2.35. The van der Waals surface area contributed by atoms with E-state index in [2.05, 4.69) is 5.32 Å². The first kappa shape index (κ1) is 16.0. The third-order valence-electron chi connectivity index (χ3n) is 3.99. The van der Waals surface area contributed by atoms with Gasteiger partial charge in [0.25, 0.3) is 0 Å². The second kappa shape index (κ2) is 7.14. The van der Waals surface area contributed by atoms with Crippen LogP contribution in [0.1, 0.15) is 12.8 Å². The molecule has 0 radical (unpaired) electrons. The summed E-state index contributed by atoms with van der Waals surface area (Å²) in [6.45, 7) is 1.80. The Morgan fingerprint density at radius 2 is 2.30 bits per heavy atom. The second-order valence-electron chi connectivity index (χ2n) is 5.53. The van der Waals surface area contributed by atoms with Crippen molar-refractivity contribution < 1.29 is 19.0 Å². The first-order valence-corrected chi connectivity index (χ1v) is 8.10. The maximum atomic E-state index is 11.9. The summed E-state index contributed by atoms with van der Waals surface area (Å²) in [5, 5.41) is 3.80. The Morgan fingerprint density at radius 1 is 1.48 bits per heavy atom. The van der Waals surface area contributed by atoms with E-state index in [0.29, 0.717) is 24.0 Å². The number of methoxy groups -OCH3 is 1. The van der Waals surface area contributed by atoms with Crippen LogP contribution in [0.2, 0.25) is 0 Å². The molecule has 1 N–H and O–H groups in total. The highest BCUT2D eigenvalue weighted by atomic mass is 32.1. The van der Waals surface area contributed by atoms with E-state index in [1.165, 1.54) is 7.11 Å². The highest BCUT2D eigenvalue weighted by Crippen LogP contribution is 2.33. The van der Waals surface area contributed by atoms with Crippen LogP contribution >= 0.6 is 12.2 Å². The molecule has 3 rings (SSSR count). The number of para-hydroxylation sites is 2. The number of hydrogen-bond acceptors (Lipinski definition) is 5. The van der Waals surface area contributed by atoms with Crippen molar-refractivity contribution in [2.24, 2.45) is 0 Å². The van der Waals surface area contributed by atoms with E-state index in [1.54, 1.807) is 0 Å². The molecule has 1 aromatic rings. The first-order chi connectivity index (χ1) is 11.2. The summed E-state index contributed by atoms with van der Waals surface area (Å²) < 4.78 is 16.1. The number of carbonyl (C=O) groups excluding carboxylic acids is 1. The molecular formula is C16H20N2O4S. The minimum absolute atomic E-state index is 0.195. The van der Waals surface area contributed by atoms with Gasteiger partial charge < -0.3 is 24.4 Å². The van der Waals surface area contributed by atoms with E-state index in [0.717, 1.165) is 25.1 Å². The number of ether oxygens (including phenoxy) is 3. The Kier molecular flexibility index (Phi) is 4.97. The summed E-state index contributed by atoms with van der Waals surface area (Å²) in [6, 6.07) is 7.51. The van der Waals surface area contributed by atoms with Crippen LogP contribution in [0.25, 0.3) is 0 Å². The molecule has 0 bridgehead atoms. The number of nitrogens with one attached hydrogen (secondary N) is 1. The number of benzene rings is 1. The average molecular weight is 336 g/mol. The van der Waals surface area contributed by atoms with Gasteiger partial charge >= 0.3 is 5.97 Å². The maximum absolute atomic E-state index is 11.9. The predicted octanol–water partition coefficient (Wildman–Crippen LogP) is 1.48. The van der Waals surface area contributed by atoms with Crippen molar-refractivity contribution in [1.29, 1.82) is 0 Å². The zero-order valence-electron chi connectivity index (χ0n) is 13.0. The molecule has 0 aliphatic carbocycles. The molecule has 1 saturated heterocycles. The van der Waals surface area contributed by atoms with Crippen LogP contribution in [-0.4, -0.2) is 50.1 Å². The molecule has 124 valence electrons. The number of fused-ring (bicyclic) bond motifs is 1. The average Bonchev–Trinajstić information content (AvgIpc) is 3.11. The molecule has 0 aromatic heterocycles. The van der Waals surface area contributed by atoms with Crippen molar-refractivity contribution in [3.8, 4) is 5.75 Å². The third kappa shape index (κ3) is 3.56. The van der Waals surface area contributed by atoms with E-state index in [4.69, 9.17) is 26.4 Å². The van der Waals surface area contributed by atoms with Crippen molar-refractivity contribution in [3.05, 3.63) is 24.3 Å². The largest absolute Gasteiger partial charge is 0.475 e. The lowest BCUT2D eigenvalue weighted by atomic mass is 10.2. The van der Waals surface area contributed by atoms with Crippen LogP contribution < -0.4 is 15.0 Å². The van der Waals surface area contributed by atoms with Gasteiger partial charge in [0.05, 0.1) is 25.4 Å². The van der Waals surface area contributed by atoms with Crippen molar-refractivity contribution in [3.63, 3.8) is 0 Å². The van der Waals surface area contributed by atoms with Crippen LogP contribution in [0.4, 0.5) is 5.69 Å². The first-order valence-electron chi connectivity index (χ1n) is 7.69. The molecule has 7 heteroatoms. The van der Waals surface area contributed by atoms with Crippen LogP contribution in [0, 0.1) is 0 Å². The molecule has 1 fully saturated rings. The quantitative estimate of drug-likeness (QED) is 0.663. The van der Waals surface area contributed by atoms with Crippen molar-refractivity contribution >= 4 is 29.0 Å². The van der Waals surface area contributed by atoms with Crippen LogP contribution in [0.3, 0.4) is 0 Å². The van der Waals surface area contributed by atoms with Gasteiger partial charge in [0.2, 0.25) is 6.10 Å². The highest BCUT2D eigenvalue weighted by molar-refractivity contribution is 7.80. The fourth-order valence-electron chi connectivity index (χ4n) is 2.78. The van der Waals surface area contributed by atoms with Gasteiger partial charge in [-0.25, -0.2) is 4.79 Å². The van der Waals surface area contributed by atoms with Crippen molar-refractivity contribution in [2.75, 3.05) is 31.7 Å². The lowest BCUT2D eigenvalue weighted by Crippen LogP contribution is -2.51. The number of nitrogens with zero attached hydrogens (tertiary/aromatic N) is 1. The molecule has 2 atom stereocenters. The smallest absolute Gasteiger partial charge is 0.348 e. The topological polar surface area (TPSA) is 60.0 Å². The van der Waals surface area contributed by atoms with Crippen LogP contribution in [0.5, 0.6) is 5.75 Å². The Bertz CT molecular complexity index is 589. The Morgan fingerprint density at radius 3 is 3.04 bits per heavy atom. The SMILES string of the molecule is COC(=O)[C@@H]1CN(C(=S)NC[C@H]2CCCO2)c2ccccc2O1. The zero-order valence-corrected chi connectivity index (χ0v) is 13.8. The second-order valence-corrected chi connectivity index (χ2v) is 5.92. The van der Waals surface area contributed by atoms with Gasteiger partial charge in [0.1, 0.15) is 5.75 Å². The lowest BCUT2D eigenvalue weighted by molar-refractivity contribution is -0.148. The normalized spacial score (nSPS) is 22.9. The molecule has 6 nitrogen and oxygen atoms in total. The van der Waals surface area contributed by atoms with Crippen LogP contribution in [0.15, 0.2) is 24.3 Å². The molecule has 2 aliphatic heterocycles. The van der Waals surface area contributed by atoms with Crippen molar-refractivity contribution in [2.45, 2.75) is 25.0 Å². The summed E-state index contributed by atoms with van der Waals surface area (Å²) in [7, 11) is 1.35. The van der Waals surface area contributed by atoms with Crippen molar-refractivity contribution in [1.82, 2.24) is 5.32 Å². The predicted molar refractivity (Wildman–Crippen MR) is 89.8 cm³/mol. The van der Waals surface area contributed by atoms with E-state index in [-0.39, 0.29) is 6.10 Å². The number of thiocarbonyl (C=S) groups is 1. The monoisotopic (exact) mass is 336 g/mol. The summed E-state index contributed by atoms with van der Waals surface area (Å²) >= 11 is 5.51. The van der Waals surface area contributed by atoms with Crippen LogP contribution in [-0.2, 0) is 14.3 Å². The van der Waals surface area contributed by atoms with Gasteiger partial charge in [-0.3, -0.25) is 0 Å². The van der Waals surface area contributed by atoms with E-state index in [1.807, 2.05) is 29.2 Å².